The van der Waals surface area contributed by atoms with Crippen LogP contribution in [0.1, 0.15) is 35.2 Å². The zero-order valence-electron chi connectivity index (χ0n) is 12.2. The van der Waals surface area contributed by atoms with Gasteiger partial charge in [-0.15, -0.1) is 12.4 Å². The van der Waals surface area contributed by atoms with Crippen molar-refractivity contribution in [3.63, 3.8) is 0 Å². The van der Waals surface area contributed by atoms with E-state index >= 15 is 0 Å². The highest BCUT2D eigenvalue weighted by Crippen LogP contribution is 2.16. The van der Waals surface area contributed by atoms with Crippen LogP contribution in [0.2, 0.25) is 0 Å². The van der Waals surface area contributed by atoms with Gasteiger partial charge >= 0.3 is 0 Å². The van der Waals surface area contributed by atoms with E-state index in [1.54, 1.807) is 24.3 Å². The summed E-state index contributed by atoms with van der Waals surface area (Å²) in [4.78, 5) is 36.2. The first-order valence-electron chi connectivity index (χ1n) is 7.02. The van der Waals surface area contributed by atoms with Gasteiger partial charge in [0.05, 0.1) is 6.54 Å². The lowest BCUT2D eigenvalue weighted by Crippen LogP contribution is -2.28. The van der Waals surface area contributed by atoms with E-state index in [1.807, 2.05) is 0 Å². The Bertz CT molecular complexity index is 529. The average Bonchev–Trinajstić information content (AvgIpc) is 2.80. The molecule has 7 heteroatoms. The van der Waals surface area contributed by atoms with Crippen molar-refractivity contribution in [2.24, 2.45) is 5.73 Å². The minimum Gasteiger partial charge on any atom is -0.352 e. The Morgan fingerprint density at radius 3 is 2.27 bits per heavy atom. The van der Waals surface area contributed by atoms with Gasteiger partial charge in [0, 0.05) is 24.9 Å². The second-order valence-corrected chi connectivity index (χ2v) is 4.97. The molecule has 1 aliphatic rings. The first-order valence-corrected chi connectivity index (χ1v) is 7.02. The van der Waals surface area contributed by atoms with E-state index in [9.17, 15) is 14.4 Å². The molecule has 120 valence electrons. The molecule has 1 aromatic rings. The van der Waals surface area contributed by atoms with Crippen molar-refractivity contribution in [3.8, 4) is 0 Å². The average molecular weight is 326 g/mol. The van der Waals surface area contributed by atoms with Crippen LogP contribution < -0.4 is 11.1 Å². The summed E-state index contributed by atoms with van der Waals surface area (Å²) in [6, 6.07) is 6.91. The first-order chi connectivity index (χ1) is 10.1. The third-order valence-electron chi connectivity index (χ3n) is 3.38. The second-order valence-electron chi connectivity index (χ2n) is 4.97. The van der Waals surface area contributed by atoms with Gasteiger partial charge in [0.25, 0.3) is 5.91 Å². The fraction of sp³-hybridized carbons (Fsp3) is 0.400. The number of hydrogen-bond acceptors (Lipinski definition) is 4. The number of carbonyl (C=O) groups is 3. The molecule has 2 rings (SSSR count). The summed E-state index contributed by atoms with van der Waals surface area (Å²) < 4.78 is 0. The van der Waals surface area contributed by atoms with Crippen LogP contribution in [0.5, 0.6) is 0 Å². The Kier molecular flexibility index (Phi) is 7.01. The van der Waals surface area contributed by atoms with Gasteiger partial charge in [-0.2, -0.15) is 0 Å². The van der Waals surface area contributed by atoms with Crippen molar-refractivity contribution in [3.05, 3.63) is 35.4 Å². The van der Waals surface area contributed by atoms with Gasteiger partial charge in [-0.25, -0.2) is 0 Å². The van der Waals surface area contributed by atoms with Crippen LogP contribution in [0.15, 0.2) is 24.3 Å². The van der Waals surface area contributed by atoms with Crippen molar-refractivity contribution in [1.82, 2.24) is 10.2 Å². The van der Waals surface area contributed by atoms with E-state index < -0.39 is 0 Å². The minimum absolute atomic E-state index is 0. The molecular formula is C15H20ClN3O3. The van der Waals surface area contributed by atoms with Crippen LogP contribution in [-0.2, 0) is 16.1 Å². The Morgan fingerprint density at radius 2 is 1.73 bits per heavy atom. The molecule has 6 nitrogen and oxygen atoms in total. The summed E-state index contributed by atoms with van der Waals surface area (Å²) in [6.45, 7) is 1.36. The van der Waals surface area contributed by atoms with Crippen LogP contribution in [0.3, 0.4) is 0 Å². The van der Waals surface area contributed by atoms with Gasteiger partial charge in [0.15, 0.2) is 0 Å². The minimum atomic E-state index is -0.150. The van der Waals surface area contributed by atoms with Gasteiger partial charge in [-0.3, -0.25) is 19.3 Å². The highest BCUT2D eigenvalue weighted by atomic mass is 35.5. The summed E-state index contributed by atoms with van der Waals surface area (Å²) in [7, 11) is 0. The number of benzene rings is 1. The Balaban J connectivity index is 0.00000242. The topological polar surface area (TPSA) is 92.5 Å². The molecule has 1 aromatic carbocycles. The predicted octanol–water partition coefficient (Wildman–Crippen LogP) is 0.836. The summed E-state index contributed by atoms with van der Waals surface area (Å²) in [5.74, 6) is -0.421. The Morgan fingerprint density at radius 1 is 1.14 bits per heavy atom. The van der Waals surface area contributed by atoms with Gasteiger partial charge in [0.2, 0.25) is 11.8 Å². The molecule has 3 amide bonds. The smallest absolute Gasteiger partial charge is 0.251 e. The predicted molar refractivity (Wildman–Crippen MR) is 84.5 cm³/mol. The molecule has 0 aromatic heterocycles. The summed E-state index contributed by atoms with van der Waals surface area (Å²) in [5.41, 5.74) is 6.74. The number of nitrogens with two attached hydrogens (primary N) is 1. The molecule has 0 saturated carbocycles. The maximum absolute atomic E-state index is 11.8. The number of halogens is 1. The standard InChI is InChI=1S/C15H19N3O3.ClH/c16-8-1-9-17-15(21)12-4-2-11(3-5-12)10-18-13(19)6-7-14(18)20;/h2-5H,1,6-10,16H2,(H,17,21);1H. The summed E-state index contributed by atoms with van der Waals surface area (Å²) in [5, 5.41) is 2.77. The second kappa shape index (κ2) is 8.51. The molecule has 0 bridgehead atoms. The fourth-order valence-electron chi connectivity index (χ4n) is 2.15. The monoisotopic (exact) mass is 325 g/mol. The van der Waals surface area contributed by atoms with Crippen molar-refractivity contribution in [2.45, 2.75) is 25.8 Å². The normalized spacial score (nSPS) is 14.0. The van der Waals surface area contributed by atoms with Gasteiger partial charge < -0.3 is 11.1 Å². The maximum atomic E-state index is 11.8. The number of likely N-dealkylation sites (tertiary alicyclic amines) is 1. The molecule has 1 heterocycles. The number of carbonyl (C=O) groups excluding carboxylic acids is 3. The molecule has 22 heavy (non-hydrogen) atoms. The van der Waals surface area contributed by atoms with Gasteiger partial charge in [0.1, 0.15) is 0 Å². The third kappa shape index (κ3) is 4.54. The molecule has 0 spiro atoms. The van der Waals surface area contributed by atoms with E-state index in [0.717, 1.165) is 12.0 Å². The Labute approximate surface area is 135 Å². The van der Waals surface area contributed by atoms with Crippen LogP contribution in [0.25, 0.3) is 0 Å². The molecular weight excluding hydrogens is 306 g/mol. The SMILES string of the molecule is Cl.NCCCNC(=O)c1ccc(CN2C(=O)CCC2=O)cc1. The molecule has 0 aliphatic carbocycles. The van der Waals surface area contributed by atoms with Crippen LogP contribution >= 0.6 is 12.4 Å². The molecule has 0 radical (unpaired) electrons. The van der Waals surface area contributed by atoms with E-state index in [0.29, 0.717) is 31.5 Å². The largest absolute Gasteiger partial charge is 0.352 e. The first kappa shape index (κ1) is 18.1. The van der Waals surface area contributed by atoms with Crippen molar-refractivity contribution >= 4 is 30.1 Å². The number of nitrogens with zero attached hydrogens (tertiary/aromatic N) is 1. The zero-order valence-corrected chi connectivity index (χ0v) is 13.0. The molecule has 1 saturated heterocycles. The zero-order chi connectivity index (χ0) is 15.2. The lowest BCUT2D eigenvalue weighted by molar-refractivity contribution is -0.139. The van der Waals surface area contributed by atoms with Crippen molar-refractivity contribution < 1.29 is 14.4 Å². The molecule has 0 atom stereocenters. The number of nitrogens with one attached hydrogen (secondary N) is 1. The van der Waals surface area contributed by atoms with Crippen LogP contribution in [0.4, 0.5) is 0 Å². The van der Waals surface area contributed by atoms with Gasteiger partial charge in [-0.05, 0) is 30.7 Å². The number of hydrogen-bond donors (Lipinski definition) is 2. The van der Waals surface area contributed by atoms with E-state index in [2.05, 4.69) is 5.32 Å². The van der Waals surface area contributed by atoms with Crippen molar-refractivity contribution in [2.75, 3.05) is 13.1 Å². The molecule has 1 fully saturated rings. The van der Waals surface area contributed by atoms with E-state index in [4.69, 9.17) is 5.73 Å². The molecule has 0 unspecified atom stereocenters. The van der Waals surface area contributed by atoms with Crippen LogP contribution in [0, 0.1) is 0 Å². The lowest BCUT2D eigenvalue weighted by Gasteiger charge is -2.13. The van der Waals surface area contributed by atoms with Crippen molar-refractivity contribution in [1.29, 1.82) is 0 Å². The fourth-order valence-corrected chi connectivity index (χ4v) is 2.15. The lowest BCUT2D eigenvalue weighted by atomic mass is 10.1. The number of amides is 3. The highest BCUT2D eigenvalue weighted by Gasteiger charge is 2.28. The van der Waals surface area contributed by atoms with E-state index in [1.165, 1.54) is 4.90 Å². The summed E-state index contributed by atoms with van der Waals surface area (Å²) in [6.07, 6.45) is 1.32. The van der Waals surface area contributed by atoms with E-state index in [-0.39, 0.29) is 36.7 Å². The quantitative estimate of drug-likeness (QED) is 0.598. The number of rotatable bonds is 6. The third-order valence-corrected chi connectivity index (χ3v) is 3.38. The number of imide groups is 1. The maximum Gasteiger partial charge on any atom is 0.251 e. The summed E-state index contributed by atoms with van der Waals surface area (Å²) >= 11 is 0. The van der Waals surface area contributed by atoms with Crippen LogP contribution in [-0.4, -0.2) is 35.7 Å². The highest BCUT2D eigenvalue weighted by molar-refractivity contribution is 6.01. The molecule has 1 aliphatic heterocycles. The Hall–Kier alpha value is -1.92. The van der Waals surface area contributed by atoms with Gasteiger partial charge in [-0.1, -0.05) is 12.1 Å². The molecule has 3 N–H and O–H groups in total.